The molecule has 2 aliphatic rings. The van der Waals surface area contributed by atoms with E-state index in [1.165, 1.54) is 4.57 Å². The van der Waals surface area contributed by atoms with E-state index in [9.17, 15) is 27.6 Å². The second-order valence-electron chi connectivity index (χ2n) is 9.17. The van der Waals surface area contributed by atoms with Gasteiger partial charge in [-0.25, -0.2) is 9.59 Å². The third-order valence-electron chi connectivity index (χ3n) is 6.57. The zero-order valence-corrected chi connectivity index (χ0v) is 21.2. The molecule has 1 aromatic carbocycles. The number of hydrogen-bond donors (Lipinski definition) is 3. The maximum atomic E-state index is 12.9. The lowest BCUT2D eigenvalue weighted by molar-refractivity contribution is -0.192. The number of imidazole rings is 1. The number of carbonyl (C=O) groups excluding carboxylic acids is 2. The minimum Gasteiger partial charge on any atom is -0.475 e. The number of aromatic nitrogens is 2. The molecular weight excluding hydrogens is 511 g/mol. The standard InChI is InChI=1S/C22H31N5O4.C2HF3O2/c1-23-10-3-13-31-16-8-11-26(12-9-16)15-4-5-17-19(14-15)25(2)22(30)27(17)18-6-7-20(28)24-21(18)29;3-2(4,5)1(6)7/h4-5,14,16,18,23H,3,6-13H2,1-2H3,(H,24,28,29);(H,6,7). The van der Waals surface area contributed by atoms with Crippen LogP contribution in [0.1, 0.15) is 38.1 Å². The summed E-state index contributed by atoms with van der Waals surface area (Å²) in [5.74, 6) is -3.45. The first-order valence-electron chi connectivity index (χ1n) is 12.3. The van der Waals surface area contributed by atoms with Crippen LogP contribution in [0.15, 0.2) is 23.0 Å². The second-order valence-corrected chi connectivity index (χ2v) is 9.17. The van der Waals surface area contributed by atoms with Gasteiger partial charge in [-0.3, -0.25) is 24.0 Å². The van der Waals surface area contributed by atoms with Crippen LogP contribution >= 0.6 is 0 Å². The quantitative estimate of drug-likeness (QED) is 0.354. The molecule has 0 saturated carbocycles. The number of nitrogens with one attached hydrogen (secondary N) is 2. The molecule has 14 heteroatoms. The van der Waals surface area contributed by atoms with Gasteiger partial charge in [0.1, 0.15) is 6.04 Å². The van der Waals surface area contributed by atoms with E-state index in [0.29, 0.717) is 18.0 Å². The second kappa shape index (κ2) is 12.4. The first-order valence-corrected chi connectivity index (χ1v) is 12.3. The van der Waals surface area contributed by atoms with Crippen LogP contribution in [-0.2, 0) is 26.2 Å². The predicted molar refractivity (Wildman–Crippen MR) is 132 cm³/mol. The van der Waals surface area contributed by atoms with Gasteiger partial charge >= 0.3 is 17.8 Å². The Morgan fingerprint density at radius 2 is 1.82 bits per heavy atom. The molecular formula is C24H32F3N5O6. The highest BCUT2D eigenvalue weighted by atomic mass is 19.4. The maximum Gasteiger partial charge on any atom is 0.490 e. The molecule has 38 heavy (non-hydrogen) atoms. The van der Waals surface area contributed by atoms with Crippen molar-refractivity contribution in [3.05, 3.63) is 28.7 Å². The summed E-state index contributed by atoms with van der Waals surface area (Å²) in [6.45, 7) is 3.57. The Labute approximate surface area is 216 Å². The Bertz CT molecular complexity index is 1220. The molecule has 3 N–H and O–H groups in total. The number of carboxylic acids is 1. The van der Waals surface area contributed by atoms with E-state index < -0.39 is 24.1 Å². The average molecular weight is 544 g/mol. The number of imide groups is 1. The van der Waals surface area contributed by atoms with Crippen LogP contribution < -0.4 is 21.2 Å². The van der Waals surface area contributed by atoms with Gasteiger partial charge in [-0.1, -0.05) is 0 Å². The van der Waals surface area contributed by atoms with Gasteiger partial charge in [-0.05, 0) is 57.5 Å². The number of benzene rings is 1. The topological polar surface area (TPSA) is 135 Å². The lowest BCUT2D eigenvalue weighted by atomic mass is 10.1. The number of carbonyl (C=O) groups is 3. The van der Waals surface area contributed by atoms with E-state index in [1.54, 1.807) is 11.6 Å². The fraction of sp³-hybridized carbons (Fsp3) is 0.583. The first kappa shape index (κ1) is 29.2. The first-order chi connectivity index (χ1) is 17.9. The van der Waals surface area contributed by atoms with Crippen molar-refractivity contribution in [3.8, 4) is 0 Å². The van der Waals surface area contributed by atoms with Crippen molar-refractivity contribution in [2.75, 3.05) is 38.2 Å². The van der Waals surface area contributed by atoms with Gasteiger partial charge in [0.25, 0.3) is 0 Å². The van der Waals surface area contributed by atoms with E-state index in [-0.39, 0.29) is 18.0 Å². The van der Waals surface area contributed by atoms with Gasteiger partial charge in [-0.15, -0.1) is 0 Å². The van der Waals surface area contributed by atoms with Gasteiger partial charge in [-0.2, -0.15) is 13.2 Å². The monoisotopic (exact) mass is 543 g/mol. The molecule has 210 valence electrons. The van der Waals surface area contributed by atoms with E-state index >= 15 is 0 Å². The van der Waals surface area contributed by atoms with Gasteiger partial charge in [0.15, 0.2) is 0 Å². The van der Waals surface area contributed by atoms with Crippen LogP contribution in [0.5, 0.6) is 0 Å². The third-order valence-corrected chi connectivity index (χ3v) is 6.57. The molecule has 0 spiro atoms. The van der Waals surface area contributed by atoms with Gasteiger partial charge in [0.05, 0.1) is 17.1 Å². The van der Waals surface area contributed by atoms with E-state index in [4.69, 9.17) is 14.6 Å². The average Bonchev–Trinajstić information content (AvgIpc) is 3.11. The summed E-state index contributed by atoms with van der Waals surface area (Å²) in [5.41, 5.74) is 2.33. The van der Waals surface area contributed by atoms with Crippen LogP contribution in [-0.4, -0.2) is 77.6 Å². The van der Waals surface area contributed by atoms with Crippen molar-refractivity contribution in [1.29, 1.82) is 0 Å². The van der Waals surface area contributed by atoms with Gasteiger partial charge in [0, 0.05) is 38.9 Å². The Morgan fingerprint density at radius 3 is 2.39 bits per heavy atom. The molecule has 1 atom stereocenters. The normalized spacial score (nSPS) is 18.8. The molecule has 2 aliphatic heterocycles. The van der Waals surface area contributed by atoms with Crippen LogP contribution in [0.4, 0.5) is 18.9 Å². The van der Waals surface area contributed by atoms with Gasteiger partial charge < -0.3 is 20.1 Å². The van der Waals surface area contributed by atoms with E-state index in [0.717, 1.165) is 56.7 Å². The highest BCUT2D eigenvalue weighted by Crippen LogP contribution is 2.28. The lowest BCUT2D eigenvalue weighted by Gasteiger charge is -2.33. The number of hydrogen-bond acceptors (Lipinski definition) is 7. The number of amides is 2. The number of carboxylic acid groups (broad SMARTS) is 1. The minimum atomic E-state index is -5.08. The number of rotatable bonds is 7. The summed E-state index contributed by atoms with van der Waals surface area (Å²) in [6.07, 6.45) is -1.22. The molecule has 2 fully saturated rings. The number of piperidine rings is 2. The van der Waals surface area contributed by atoms with E-state index in [1.807, 2.05) is 25.2 Å². The van der Waals surface area contributed by atoms with Crippen LogP contribution in [0.25, 0.3) is 11.0 Å². The number of nitrogens with zero attached hydrogens (tertiary/aromatic N) is 3. The number of aliphatic carboxylic acids is 1. The van der Waals surface area contributed by atoms with Gasteiger partial charge in [0.2, 0.25) is 11.8 Å². The lowest BCUT2D eigenvalue weighted by Crippen LogP contribution is -2.44. The van der Waals surface area contributed by atoms with E-state index in [2.05, 4.69) is 15.5 Å². The van der Waals surface area contributed by atoms with Crippen LogP contribution in [0.3, 0.4) is 0 Å². The molecule has 0 aliphatic carbocycles. The number of halogens is 3. The zero-order chi connectivity index (χ0) is 28.0. The predicted octanol–water partition coefficient (Wildman–Crippen LogP) is 1.55. The largest absolute Gasteiger partial charge is 0.490 e. The van der Waals surface area contributed by atoms with Crippen molar-refractivity contribution >= 4 is 34.5 Å². The summed E-state index contributed by atoms with van der Waals surface area (Å²) in [6, 6.07) is 5.29. The number of alkyl halides is 3. The number of ether oxygens (including phenoxy) is 1. The minimum absolute atomic E-state index is 0.239. The van der Waals surface area contributed by atoms with Crippen molar-refractivity contribution < 1.29 is 37.4 Å². The van der Waals surface area contributed by atoms with Crippen molar-refractivity contribution in [1.82, 2.24) is 19.8 Å². The molecule has 3 heterocycles. The van der Waals surface area contributed by atoms with Crippen LogP contribution in [0.2, 0.25) is 0 Å². The summed E-state index contributed by atoms with van der Waals surface area (Å²) in [4.78, 5) is 48.0. The highest BCUT2D eigenvalue weighted by Gasteiger charge is 2.38. The molecule has 2 amide bonds. The molecule has 0 bridgehead atoms. The molecule has 2 aromatic rings. The summed E-state index contributed by atoms with van der Waals surface area (Å²) in [5, 5.41) is 12.6. The Morgan fingerprint density at radius 1 is 1.16 bits per heavy atom. The molecule has 11 nitrogen and oxygen atoms in total. The van der Waals surface area contributed by atoms with Crippen molar-refractivity contribution in [3.63, 3.8) is 0 Å². The summed E-state index contributed by atoms with van der Waals surface area (Å²) >= 11 is 0. The number of fused-ring (bicyclic) bond motifs is 1. The fourth-order valence-electron chi connectivity index (χ4n) is 4.56. The third kappa shape index (κ3) is 6.92. The highest BCUT2D eigenvalue weighted by molar-refractivity contribution is 6.00. The summed E-state index contributed by atoms with van der Waals surface area (Å²) in [7, 11) is 3.67. The SMILES string of the molecule is CNCCCOC1CCN(c2ccc3c(c2)n(C)c(=O)n3C2CCC(=O)NC2=O)CC1.O=C(O)C(F)(F)F. The van der Waals surface area contributed by atoms with Crippen molar-refractivity contribution in [2.45, 2.75) is 50.4 Å². The summed E-state index contributed by atoms with van der Waals surface area (Å²) < 4.78 is 40.8. The Balaban J connectivity index is 0.000000505. The fourth-order valence-corrected chi connectivity index (χ4v) is 4.56. The molecule has 0 radical (unpaired) electrons. The number of aryl methyl sites for hydroxylation is 1. The smallest absolute Gasteiger partial charge is 0.475 e. The van der Waals surface area contributed by atoms with Crippen molar-refractivity contribution in [2.24, 2.45) is 7.05 Å². The Hall–Kier alpha value is -3.39. The maximum absolute atomic E-state index is 12.9. The molecule has 1 aromatic heterocycles. The zero-order valence-electron chi connectivity index (χ0n) is 21.2. The Kier molecular flexibility index (Phi) is 9.55. The molecule has 4 rings (SSSR count). The number of anilines is 1. The molecule has 1 unspecified atom stereocenters. The molecule has 2 saturated heterocycles. The van der Waals surface area contributed by atoms with Crippen LogP contribution in [0, 0.1) is 0 Å².